The highest BCUT2D eigenvalue weighted by Crippen LogP contribution is 2.29. The third-order valence-corrected chi connectivity index (χ3v) is 5.19. The number of carbonyl (C=O) groups excluding carboxylic acids is 1. The standard InChI is InChI=1S/C19H28N2O2/c22-19(7-6-16-8-10-20-11-9-16)21-12-13-23-18(15-21)14-17-4-2-1-3-5-17/h8-11,17-18H,1-7,12-15H2. The van der Waals surface area contributed by atoms with Gasteiger partial charge in [0, 0.05) is 31.9 Å². The lowest BCUT2D eigenvalue weighted by Crippen LogP contribution is -2.46. The van der Waals surface area contributed by atoms with Crippen LogP contribution in [0, 0.1) is 5.92 Å². The zero-order valence-corrected chi connectivity index (χ0v) is 14.0. The van der Waals surface area contributed by atoms with Gasteiger partial charge in [0.1, 0.15) is 0 Å². The van der Waals surface area contributed by atoms with Crippen LogP contribution in [-0.2, 0) is 16.0 Å². The zero-order valence-electron chi connectivity index (χ0n) is 14.0. The van der Waals surface area contributed by atoms with E-state index in [0.29, 0.717) is 13.0 Å². The minimum atomic E-state index is 0.247. The van der Waals surface area contributed by atoms with Crippen LogP contribution in [0.4, 0.5) is 0 Å². The molecule has 2 heterocycles. The minimum Gasteiger partial charge on any atom is -0.375 e. The summed E-state index contributed by atoms with van der Waals surface area (Å²) >= 11 is 0. The van der Waals surface area contributed by atoms with E-state index in [1.54, 1.807) is 12.4 Å². The maximum atomic E-state index is 12.5. The number of aryl methyl sites for hydroxylation is 1. The van der Waals surface area contributed by atoms with E-state index in [0.717, 1.165) is 31.8 Å². The van der Waals surface area contributed by atoms with Crippen molar-refractivity contribution >= 4 is 5.91 Å². The number of nitrogens with zero attached hydrogens (tertiary/aromatic N) is 2. The summed E-state index contributed by atoms with van der Waals surface area (Å²) in [5.74, 6) is 1.07. The molecule has 3 rings (SSSR count). The summed E-state index contributed by atoms with van der Waals surface area (Å²) in [4.78, 5) is 18.5. The molecular weight excluding hydrogens is 288 g/mol. The molecule has 126 valence electrons. The SMILES string of the molecule is O=C(CCc1ccncc1)N1CCOC(CC2CCCCC2)C1. The Morgan fingerprint density at radius 3 is 2.78 bits per heavy atom. The van der Waals surface area contributed by atoms with Crippen LogP contribution in [0.25, 0.3) is 0 Å². The van der Waals surface area contributed by atoms with E-state index in [9.17, 15) is 4.79 Å². The number of pyridine rings is 1. The topological polar surface area (TPSA) is 42.4 Å². The van der Waals surface area contributed by atoms with Gasteiger partial charge in [0.25, 0.3) is 0 Å². The number of hydrogen-bond acceptors (Lipinski definition) is 3. The van der Waals surface area contributed by atoms with Crippen molar-refractivity contribution in [3.8, 4) is 0 Å². The van der Waals surface area contributed by atoms with E-state index in [4.69, 9.17) is 4.74 Å². The smallest absolute Gasteiger partial charge is 0.223 e. The van der Waals surface area contributed by atoms with Gasteiger partial charge in [-0.05, 0) is 36.5 Å². The van der Waals surface area contributed by atoms with Crippen LogP contribution in [0.1, 0.15) is 50.5 Å². The fourth-order valence-electron chi connectivity index (χ4n) is 3.84. The molecule has 1 saturated carbocycles. The maximum Gasteiger partial charge on any atom is 0.223 e. The largest absolute Gasteiger partial charge is 0.375 e. The van der Waals surface area contributed by atoms with Gasteiger partial charge >= 0.3 is 0 Å². The van der Waals surface area contributed by atoms with Gasteiger partial charge in [-0.2, -0.15) is 0 Å². The Bertz CT molecular complexity index is 485. The molecule has 4 nitrogen and oxygen atoms in total. The molecule has 1 aliphatic heterocycles. The average molecular weight is 316 g/mol. The van der Waals surface area contributed by atoms with Crippen molar-refractivity contribution in [3.05, 3.63) is 30.1 Å². The lowest BCUT2D eigenvalue weighted by Gasteiger charge is -2.35. The van der Waals surface area contributed by atoms with Gasteiger partial charge in [0.15, 0.2) is 0 Å². The second-order valence-electron chi connectivity index (χ2n) is 6.93. The van der Waals surface area contributed by atoms with Crippen molar-refractivity contribution in [3.63, 3.8) is 0 Å². The lowest BCUT2D eigenvalue weighted by atomic mass is 9.85. The second kappa shape index (κ2) is 8.44. The highest BCUT2D eigenvalue weighted by molar-refractivity contribution is 5.76. The third kappa shape index (κ3) is 5.03. The van der Waals surface area contributed by atoms with E-state index in [1.807, 2.05) is 17.0 Å². The number of rotatable bonds is 5. The number of morpholine rings is 1. The van der Waals surface area contributed by atoms with Crippen molar-refractivity contribution in [2.75, 3.05) is 19.7 Å². The Labute approximate surface area is 139 Å². The molecule has 0 N–H and O–H groups in total. The molecule has 4 heteroatoms. The number of carbonyl (C=O) groups is 1. The van der Waals surface area contributed by atoms with Crippen LogP contribution in [-0.4, -0.2) is 41.6 Å². The number of aromatic nitrogens is 1. The van der Waals surface area contributed by atoms with Crippen LogP contribution in [0.15, 0.2) is 24.5 Å². The molecule has 1 aliphatic carbocycles. The van der Waals surface area contributed by atoms with E-state index in [1.165, 1.54) is 37.7 Å². The quantitative estimate of drug-likeness (QED) is 0.837. The predicted molar refractivity (Wildman–Crippen MR) is 90.1 cm³/mol. The van der Waals surface area contributed by atoms with Crippen LogP contribution >= 0.6 is 0 Å². The first-order valence-electron chi connectivity index (χ1n) is 9.09. The molecular formula is C19H28N2O2. The highest BCUT2D eigenvalue weighted by Gasteiger charge is 2.26. The monoisotopic (exact) mass is 316 g/mol. The minimum absolute atomic E-state index is 0.247. The van der Waals surface area contributed by atoms with Crippen molar-refractivity contribution in [1.29, 1.82) is 0 Å². The highest BCUT2D eigenvalue weighted by atomic mass is 16.5. The molecule has 2 aliphatic rings. The molecule has 1 unspecified atom stereocenters. The summed E-state index contributed by atoms with van der Waals surface area (Å²) < 4.78 is 5.92. The maximum absolute atomic E-state index is 12.5. The van der Waals surface area contributed by atoms with E-state index >= 15 is 0 Å². The molecule has 23 heavy (non-hydrogen) atoms. The van der Waals surface area contributed by atoms with Crippen LogP contribution < -0.4 is 0 Å². The summed E-state index contributed by atoms with van der Waals surface area (Å²) in [7, 11) is 0. The molecule has 0 spiro atoms. The van der Waals surface area contributed by atoms with Crippen molar-refractivity contribution in [2.45, 2.75) is 57.5 Å². The first kappa shape index (κ1) is 16.4. The van der Waals surface area contributed by atoms with Gasteiger partial charge in [0.05, 0.1) is 12.7 Å². The lowest BCUT2D eigenvalue weighted by molar-refractivity contribution is -0.139. The number of ether oxygens (including phenoxy) is 1. The molecule has 1 aromatic rings. The number of amides is 1. The van der Waals surface area contributed by atoms with Gasteiger partial charge in [0.2, 0.25) is 5.91 Å². The Morgan fingerprint density at radius 1 is 1.22 bits per heavy atom. The van der Waals surface area contributed by atoms with Gasteiger partial charge in [-0.25, -0.2) is 0 Å². The summed E-state index contributed by atoms with van der Waals surface area (Å²) in [5.41, 5.74) is 1.18. The summed E-state index contributed by atoms with van der Waals surface area (Å²) in [6, 6.07) is 3.97. The molecule has 0 bridgehead atoms. The summed E-state index contributed by atoms with van der Waals surface area (Å²) in [6.45, 7) is 2.22. The van der Waals surface area contributed by atoms with Gasteiger partial charge in [-0.3, -0.25) is 9.78 Å². The Kier molecular flexibility index (Phi) is 6.03. The Hall–Kier alpha value is -1.42. The summed E-state index contributed by atoms with van der Waals surface area (Å²) in [6.07, 6.45) is 13.1. The van der Waals surface area contributed by atoms with E-state index in [-0.39, 0.29) is 12.0 Å². The van der Waals surface area contributed by atoms with Gasteiger partial charge in [-0.1, -0.05) is 32.1 Å². The average Bonchev–Trinajstić information content (AvgIpc) is 2.62. The molecule has 1 amide bonds. The number of hydrogen-bond donors (Lipinski definition) is 0. The van der Waals surface area contributed by atoms with Crippen molar-refractivity contribution in [2.24, 2.45) is 5.92 Å². The van der Waals surface area contributed by atoms with E-state index in [2.05, 4.69) is 4.98 Å². The second-order valence-corrected chi connectivity index (χ2v) is 6.93. The fourth-order valence-corrected chi connectivity index (χ4v) is 3.84. The van der Waals surface area contributed by atoms with Gasteiger partial charge in [-0.15, -0.1) is 0 Å². The zero-order chi connectivity index (χ0) is 15.9. The Balaban J connectivity index is 1.44. The molecule has 0 aromatic carbocycles. The summed E-state index contributed by atoms with van der Waals surface area (Å²) in [5, 5.41) is 0. The first-order chi connectivity index (χ1) is 11.3. The van der Waals surface area contributed by atoms with Crippen LogP contribution in [0.5, 0.6) is 0 Å². The van der Waals surface area contributed by atoms with Crippen LogP contribution in [0.2, 0.25) is 0 Å². The molecule has 0 radical (unpaired) electrons. The third-order valence-electron chi connectivity index (χ3n) is 5.19. The first-order valence-corrected chi connectivity index (χ1v) is 9.09. The Morgan fingerprint density at radius 2 is 2.00 bits per heavy atom. The normalized spacial score (nSPS) is 23.0. The fraction of sp³-hybridized carbons (Fsp3) is 0.684. The van der Waals surface area contributed by atoms with Crippen molar-refractivity contribution < 1.29 is 9.53 Å². The van der Waals surface area contributed by atoms with Crippen molar-refractivity contribution in [1.82, 2.24) is 9.88 Å². The molecule has 1 aromatic heterocycles. The molecule has 1 atom stereocenters. The van der Waals surface area contributed by atoms with Gasteiger partial charge < -0.3 is 9.64 Å². The molecule has 1 saturated heterocycles. The van der Waals surface area contributed by atoms with Crippen LogP contribution in [0.3, 0.4) is 0 Å². The molecule has 2 fully saturated rings. The van der Waals surface area contributed by atoms with E-state index < -0.39 is 0 Å². The predicted octanol–water partition coefficient (Wildman–Crippen LogP) is 3.21.